The summed E-state index contributed by atoms with van der Waals surface area (Å²) in [5, 5.41) is 9.10. The van der Waals surface area contributed by atoms with E-state index in [9.17, 15) is 23.2 Å². The number of nitrogens with zero attached hydrogens (tertiary/aromatic N) is 4. The molecule has 1 saturated carbocycles. The fourth-order valence-corrected chi connectivity index (χ4v) is 4.81. The molecule has 1 aromatic heterocycles. The Morgan fingerprint density at radius 1 is 1.28 bits per heavy atom. The molecule has 2 aromatic rings. The number of ether oxygens (including phenoxy) is 1. The van der Waals surface area contributed by atoms with E-state index in [0.717, 1.165) is 17.7 Å². The second-order valence-corrected chi connectivity index (χ2v) is 11.9. The second kappa shape index (κ2) is 11.1. The molecule has 0 bridgehead atoms. The Kier molecular flexibility index (Phi) is 8.15. The van der Waals surface area contributed by atoms with Crippen LogP contribution in [0.1, 0.15) is 58.9 Å². The van der Waals surface area contributed by atoms with Crippen molar-refractivity contribution in [2.45, 2.75) is 83.8 Å². The summed E-state index contributed by atoms with van der Waals surface area (Å²) in [6.45, 7) is 6.54. The summed E-state index contributed by atoms with van der Waals surface area (Å²) in [4.78, 5) is 44.4. The van der Waals surface area contributed by atoms with Crippen LogP contribution in [0.2, 0.25) is 5.02 Å². The molecular formula is C26H33ClF2N6O4. The van der Waals surface area contributed by atoms with E-state index in [1.54, 1.807) is 20.8 Å². The fraction of sp³-hybridized carbons (Fsp3) is 0.577. The van der Waals surface area contributed by atoms with Gasteiger partial charge < -0.3 is 20.3 Å². The predicted octanol–water partition coefficient (Wildman–Crippen LogP) is 3.70. The van der Waals surface area contributed by atoms with Gasteiger partial charge >= 0.3 is 6.09 Å². The van der Waals surface area contributed by atoms with Crippen molar-refractivity contribution in [3.63, 3.8) is 0 Å². The molecule has 1 aliphatic carbocycles. The number of amides is 3. The molecule has 212 valence electrons. The van der Waals surface area contributed by atoms with Crippen LogP contribution in [0.3, 0.4) is 0 Å². The van der Waals surface area contributed by atoms with Crippen molar-refractivity contribution < 1.29 is 27.9 Å². The smallest absolute Gasteiger partial charge is 0.408 e. The molecule has 0 unspecified atom stereocenters. The molecule has 2 N–H and O–H groups in total. The SMILES string of the molecule is CC1(C[C@@H](NC(=O)OC(C)(C)C)C(=O)N2C[C@H](F)C[C@H]2C(=O)NCc2c(-n3cncn3)ccc(Cl)c2F)CC1. The zero-order valence-electron chi connectivity index (χ0n) is 22.3. The van der Waals surface area contributed by atoms with E-state index in [1.807, 2.05) is 6.92 Å². The van der Waals surface area contributed by atoms with Crippen LogP contribution in [0.5, 0.6) is 0 Å². The number of aromatic nitrogens is 3. The van der Waals surface area contributed by atoms with Gasteiger partial charge in [-0.25, -0.2) is 23.2 Å². The molecule has 0 spiro atoms. The number of alkyl halides is 1. The minimum atomic E-state index is -1.43. The first-order chi connectivity index (χ1) is 18.3. The van der Waals surface area contributed by atoms with Gasteiger partial charge in [0.2, 0.25) is 11.8 Å². The number of likely N-dealkylation sites (tertiary alicyclic amines) is 1. The maximum absolute atomic E-state index is 14.9. The molecular weight excluding hydrogens is 534 g/mol. The van der Waals surface area contributed by atoms with E-state index in [4.69, 9.17) is 16.3 Å². The third-order valence-corrected chi connectivity index (χ3v) is 7.19. The van der Waals surface area contributed by atoms with Crippen molar-refractivity contribution in [3.05, 3.63) is 41.2 Å². The minimum absolute atomic E-state index is 0.0557. The molecule has 4 rings (SSSR count). The molecule has 3 atom stereocenters. The van der Waals surface area contributed by atoms with Crippen LogP contribution in [-0.4, -0.2) is 68.0 Å². The third-order valence-electron chi connectivity index (χ3n) is 6.90. The van der Waals surface area contributed by atoms with E-state index >= 15 is 0 Å². The number of carbonyl (C=O) groups is 3. The number of hydrogen-bond acceptors (Lipinski definition) is 6. The number of benzene rings is 1. The first kappa shape index (κ1) is 28.7. The van der Waals surface area contributed by atoms with Gasteiger partial charge in [-0.15, -0.1) is 0 Å². The quantitative estimate of drug-likeness (QED) is 0.503. The van der Waals surface area contributed by atoms with E-state index in [-0.39, 0.29) is 35.5 Å². The molecule has 1 saturated heterocycles. The first-order valence-electron chi connectivity index (χ1n) is 12.8. The van der Waals surface area contributed by atoms with Crippen molar-refractivity contribution in [1.82, 2.24) is 30.3 Å². The summed E-state index contributed by atoms with van der Waals surface area (Å²) < 4.78 is 36.2. The number of nitrogens with one attached hydrogen (secondary N) is 2. The average molecular weight is 567 g/mol. The number of halogens is 3. The summed E-state index contributed by atoms with van der Waals surface area (Å²) in [6, 6.07) is 0.773. The Morgan fingerprint density at radius 3 is 2.62 bits per heavy atom. The van der Waals surface area contributed by atoms with Crippen LogP contribution in [-0.2, 0) is 20.9 Å². The lowest BCUT2D eigenvalue weighted by Crippen LogP contribution is -2.54. The Hall–Kier alpha value is -3.28. The first-order valence-corrected chi connectivity index (χ1v) is 13.2. The molecule has 2 heterocycles. The van der Waals surface area contributed by atoms with Crippen LogP contribution in [0.15, 0.2) is 24.8 Å². The highest BCUT2D eigenvalue weighted by Gasteiger charge is 2.46. The molecule has 2 aliphatic rings. The zero-order chi connectivity index (χ0) is 28.5. The summed E-state index contributed by atoms with van der Waals surface area (Å²) in [7, 11) is 0. The highest BCUT2D eigenvalue weighted by molar-refractivity contribution is 6.30. The van der Waals surface area contributed by atoms with Gasteiger partial charge in [0.15, 0.2) is 0 Å². The summed E-state index contributed by atoms with van der Waals surface area (Å²) in [6.07, 6.45) is 2.35. The van der Waals surface area contributed by atoms with Crippen LogP contribution in [0.25, 0.3) is 5.69 Å². The maximum Gasteiger partial charge on any atom is 0.408 e. The Labute approximate surface area is 230 Å². The van der Waals surface area contributed by atoms with Gasteiger partial charge in [0, 0.05) is 18.5 Å². The van der Waals surface area contributed by atoms with Crippen LogP contribution < -0.4 is 10.6 Å². The largest absolute Gasteiger partial charge is 0.444 e. The standard InChI is InChI=1S/C26H33ClF2N6O4/c1-25(2,3)39-24(38)33-18(10-26(4)7-8-26)23(37)34-12-15(28)9-20(34)22(36)31-11-16-19(35-14-30-13-32-35)6-5-17(27)21(16)29/h5-6,13-15,18,20H,7-12H2,1-4H3,(H,31,36)(H,33,38)/t15-,18-,20+/m1/s1. The van der Waals surface area contributed by atoms with Crippen molar-refractivity contribution in [1.29, 1.82) is 0 Å². The van der Waals surface area contributed by atoms with Gasteiger partial charge in [0.1, 0.15) is 42.3 Å². The van der Waals surface area contributed by atoms with Gasteiger partial charge in [-0.1, -0.05) is 18.5 Å². The van der Waals surface area contributed by atoms with Crippen LogP contribution >= 0.6 is 11.6 Å². The van der Waals surface area contributed by atoms with Crippen molar-refractivity contribution in [3.8, 4) is 5.69 Å². The third kappa shape index (κ3) is 7.03. The summed E-state index contributed by atoms with van der Waals surface area (Å²) in [5.74, 6) is -1.96. The summed E-state index contributed by atoms with van der Waals surface area (Å²) >= 11 is 5.97. The highest BCUT2D eigenvalue weighted by Crippen LogP contribution is 2.49. The Morgan fingerprint density at radius 2 is 2.00 bits per heavy atom. The van der Waals surface area contributed by atoms with Crippen molar-refractivity contribution >= 4 is 29.5 Å². The van der Waals surface area contributed by atoms with Crippen molar-refractivity contribution in [2.24, 2.45) is 5.41 Å². The molecule has 1 aromatic carbocycles. The zero-order valence-corrected chi connectivity index (χ0v) is 23.1. The monoisotopic (exact) mass is 566 g/mol. The van der Waals surface area contributed by atoms with Gasteiger partial charge in [-0.2, -0.15) is 5.10 Å². The molecule has 13 heteroatoms. The van der Waals surface area contributed by atoms with Gasteiger partial charge in [-0.05, 0) is 57.6 Å². The van der Waals surface area contributed by atoms with Gasteiger partial charge in [0.25, 0.3) is 0 Å². The van der Waals surface area contributed by atoms with E-state index in [0.29, 0.717) is 12.1 Å². The van der Waals surface area contributed by atoms with Gasteiger partial charge in [0.05, 0.1) is 17.3 Å². The number of alkyl carbamates (subject to hydrolysis) is 1. The summed E-state index contributed by atoms with van der Waals surface area (Å²) in [5.41, 5.74) is -0.539. The molecule has 3 amide bonds. The number of hydrogen-bond donors (Lipinski definition) is 2. The predicted molar refractivity (Wildman–Crippen MR) is 138 cm³/mol. The lowest BCUT2D eigenvalue weighted by atomic mass is 9.98. The van der Waals surface area contributed by atoms with Crippen LogP contribution in [0, 0.1) is 11.2 Å². The van der Waals surface area contributed by atoms with E-state index < -0.39 is 47.6 Å². The minimum Gasteiger partial charge on any atom is -0.444 e. The Bertz CT molecular complexity index is 1230. The number of rotatable bonds is 8. The molecule has 39 heavy (non-hydrogen) atoms. The Balaban J connectivity index is 1.50. The van der Waals surface area contributed by atoms with Gasteiger partial charge in [-0.3, -0.25) is 9.59 Å². The van der Waals surface area contributed by atoms with E-state index in [1.165, 1.54) is 29.5 Å². The fourth-order valence-electron chi connectivity index (χ4n) is 4.63. The topological polar surface area (TPSA) is 118 Å². The molecule has 0 radical (unpaired) electrons. The lowest BCUT2D eigenvalue weighted by Gasteiger charge is -2.30. The maximum atomic E-state index is 14.9. The number of carbonyl (C=O) groups excluding carboxylic acids is 3. The lowest BCUT2D eigenvalue weighted by molar-refractivity contribution is -0.140. The van der Waals surface area contributed by atoms with E-state index in [2.05, 4.69) is 20.7 Å². The molecule has 1 aliphatic heterocycles. The van der Waals surface area contributed by atoms with Crippen molar-refractivity contribution in [2.75, 3.05) is 6.54 Å². The second-order valence-electron chi connectivity index (χ2n) is 11.5. The average Bonchev–Trinajstić information content (AvgIpc) is 3.22. The normalized spacial score (nSPS) is 20.8. The molecule has 2 fully saturated rings. The van der Waals surface area contributed by atoms with Crippen LogP contribution in [0.4, 0.5) is 13.6 Å². The molecule has 10 nitrogen and oxygen atoms in total. The highest BCUT2D eigenvalue weighted by atomic mass is 35.5.